The first kappa shape index (κ1) is 25.4. The summed E-state index contributed by atoms with van der Waals surface area (Å²) < 4.78 is 39.0. The highest BCUT2D eigenvalue weighted by molar-refractivity contribution is 5.98. The maximum Gasteiger partial charge on any atom is 0.402 e. The fourth-order valence-electron chi connectivity index (χ4n) is 3.86. The van der Waals surface area contributed by atoms with Gasteiger partial charge in [-0.15, -0.1) is 0 Å². The number of carboxylic acids is 1. The Labute approximate surface area is 171 Å². The molecule has 0 aromatic carbocycles. The van der Waals surface area contributed by atoms with E-state index in [1.807, 2.05) is 0 Å². The van der Waals surface area contributed by atoms with Gasteiger partial charge in [0.2, 0.25) is 5.91 Å². The fourth-order valence-corrected chi connectivity index (χ4v) is 3.86. The minimum atomic E-state index is -4.86. The summed E-state index contributed by atoms with van der Waals surface area (Å²) in [6.45, 7) is 2.42. The molecule has 0 saturated carbocycles. The molecule has 5 nitrogen and oxygen atoms in total. The average molecular weight is 422 g/mol. The van der Waals surface area contributed by atoms with Gasteiger partial charge < -0.3 is 10.0 Å². The Hall–Kier alpha value is -1.60. The first-order chi connectivity index (χ1) is 13.7. The van der Waals surface area contributed by atoms with Crippen molar-refractivity contribution in [3.63, 3.8) is 0 Å². The molecule has 1 heterocycles. The molecule has 8 heteroatoms. The van der Waals surface area contributed by atoms with Crippen molar-refractivity contribution in [1.29, 1.82) is 0 Å². The molecule has 1 rings (SSSR count). The molecule has 2 unspecified atom stereocenters. The second kappa shape index (κ2) is 12.9. The van der Waals surface area contributed by atoms with Crippen LogP contribution >= 0.6 is 0 Å². The summed E-state index contributed by atoms with van der Waals surface area (Å²) in [7, 11) is 0. The second-order valence-electron chi connectivity index (χ2n) is 7.99. The minimum absolute atomic E-state index is 0.196. The van der Waals surface area contributed by atoms with Gasteiger partial charge in [-0.1, -0.05) is 45.4 Å². The van der Waals surface area contributed by atoms with Gasteiger partial charge in [0.1, 0.15) is 5.78 Å². The van der Waals surface area contributed by atoms with Crippen molar-refractivity contribution in [1.82, 2.24) is 4.90 Å². The predicted molar refractivity (Wildman–Crippen MR) is 103 cm³/mol. The van der Waals surface area contributed by atoms with E-state index in [1.54, 1.807) is 0 Å². The highest BCUT2D eigenvalue weighted by Gasteiger charge is 2.47. The maximum atomic E-state index is 13.0. The molecule has 1 amide bonds. The quantitative estimate of drug-likeness (QED) is 0.331. The van der Waals surface area contributed by atoms with Gasteiger partial charge in [-0.05, 0) is 32.1 Å². The van der Waals surface area contributed by atoms with Gasteiger partial charge in [0, 0.05) is 19.0 Å². The maximum absolute atomic E-state index is 13.0. The lowest BCUT2D eigenvalue weighted by molar-refractivity contribution is -0.198. The van der Waals surface area contributed by atoms with Crippen molar-refractivity contribution < 1.29 is 32.7 Å². The predicted octanol–water partition coefficient (Wildman–Crippen LogP) is 5.12. The van der Waals surface area contributed by atoms with E-state index in [1.165, 1.54) is 24.2 Å². The molecule has 0 aliphatic carbocycles. The Balaban J connectivity index is 2.49. The SMILES string of the molecule is CCCCCCCCCC(=O)CC(=O)N1CCCCC1CC(C(=O)O)C(F)(F)F. The highest BCUT2D eigenvalue weighted by atomic mass is 19.4. The van der Waals surface area contributed by atoms with E-state index < -0.39 is 36.4 Å². The molecular weight excluding hydrogens is 387 g/mol. The Bertz CT molecular complexity index is 537. The van der Waals surface area contributed by atoms with Crippen LogP contribution in [0, 0.1) is 5.92 Å². The monoisotopic (exact) mass is 421 g/mol. The molecule has 1 aliphatic heterocycles. The average Bonchev–Trinajstić information content (AvgIpc) is 2.64. The van der Waals surface area contributed by atoms with Crippen LogP contribution in [0.4, 0.5) is 13.2 Å². The molecule has 0 aromatic heterocycles. The summed E-state index contributed by atoms with van der Waals surface area (Å²) in [4.78, 5) is 36.9. The van der Waals surface area contributed by atoms with Crippen LogP contribution in [-0.4, -0.2) is 46.4 Å². The number of likely N-dealkylation sites (tertiary alicyclic amines) is 1. The smallest absolute Gasteiger partial charge is 0.402 e. The van der Waals surface area contributed by atoms with E-state index in [0.29, 0.717) is 25.7 Å². The Morgan fingerprint density at radius 3 is 2.24 bits per heavy atom. The third kappa shape index (κ3) is 9.63. The summed E-state index contributed by atoms with van der Waals surface area (Å²) in [6, 6.07) is -0.787. The van der Waals surface area contributed by atoms with E-state index in [-0.39, 0.29) is 18.7 Å². The molecule has 2 atom stereocenters. The van der Waals surface area contributed by atoms with Gasteiger partial charge in [-0.2, -0.15) is 13.2 Å². The minimum Gasteiger partial charge on any atom is -0.481 e. The van der Waals surface area contributed by atoms with Gasteiger partial charge in [-0.3, -0.25) is 14.4 Å². The highest BCUT2D eigenvalue weighted by Crippen LogP contribution is 2.33. The number of unbranched alkanes of at least 4 members (excludes halogenated alkanes) is 6. The van der Waals surface area contributed by atoms with E-state index in [9.17, 15) is 27.6 Å². The molecule has 0 aromatic rings. The molecular formula is C21H34F3NO4. The Morgan fingerprint density at radius 2 is 1.66 bits per heavy atom. The number of aliphatic carboxylic acids is 1. The number of nitrogens with zero attached hydrogens (tertiary/aromatic N) is 1. The number of hydrogen-bond acceptors (Lipinski definition) is 3. The van der Waals surface area contributed by atoms with Gasteiger partial charge in [0.05, 0.1) is 6.42 Å². The van der Waals surface area contributed by atoms with Crippen LogP contribution < -0.4 is 0 Å². The molecule has 29 heavy (non-hydrogen) atoms. The fraction of sp³-hybridized carbons (Fsp3) is 0.857. The van der Waals surface area contributed by atoms with Crippen LogP contribution in [0.1, 0.15) is 90.4 Å². The van der Waals surface area contributed by atoms with Crippen molar-refractivity contribution in [2.75, 3.05) is 6.54 Å². The summed E-state index contributed by atoms with van der Waals surface area (Å²) in [6.07, 6.45) is 3.53. The summed E-state index contributed by atoms with van der Waals surface area (Å²) >= 11 is 0. The number of amides is 1. The first-order valence-electron chi connectivity index (χ1n) is 10.8. The van der Waals surface area contributed by atoms with E-state index in [2.05, 4.69) is 6.92 Å². The van der Waals surface area contributed by atoms with Crippen LogP contribution in [0.3, 0.4) is 0 Å². The zero-order valence-corrected chi connectivity index (χ0v) is 17.3. The largest absolute Gasteiger partial charge is 0.481 e. The number of ketones is 1. The van der Waals surface area contributed by atoms with E-state index in [4.69, 9.17) is 5.11 Å². The van der Waals surface area contributed by atoms with Crippen LogP contribution in [0.15, 0.2) is 0 Å². The third-order valence-electron chi connectivity index (χ3n) is 5.56. The molecule has 168 valence electrons. The number of alkyl halides is 3. The summed E-state index contributed by atoms with van der Waals surface area (Å²) in [5.74, 6) is -5.10. The van der Waals surface area contributed by atoms with Crippen LogP contribution in [0.2, 0.25) is 0 Å². The molecule has 0 bridgehead atoms. The topological polar surface area (TPSA) is 74.7 Å². The molecule has 1 fully saturated rings. The van der Waals surface area contributed by atoms with Crippen LogP contribution in [-0.2, 0) is 14.4 Å². The number of carbonyl (C=O) groups is 3. The number of carbonyl (C=O) groups excluding carboxylic acids is 2. The second-order valence-corrected chi connectivity index (χ2v) is 7.99. The molecule has 1 N–H and O–H groups in total. The van der Waals surface area contributed by atoms with Gasteiger partial charge in [0.25, 0.3) is 0 Å². The van der Waals surface area contributed by atoms with Crippen molar-refractivity contribution in [3.8, 4) is 0 Å². The standard InChI is InChI=1S/C21H34F3NO4/c1-2-3-4-5-6-7-8-12-17(26)15-19(27)25-13-10-9-11-16(25)14-18(20(28)29)21(22,23)24/h16,18H,2-15H2,1H3,(H,28,29). The normalized spacial score (nSPS) is 18.5. The molecule has 1 aliphatic rings. The summed E-state index contributed by atoms with van der Waals surface area (Å²) in [5, 5.41) is 8.92. The van der Waals surface area contributed by atoms with Crippen molar-refractivity contribution in [2.24, 2.45) is 5.92 Å². The van der Waals surface area contributed by atoms with E-state index >= 15 is 0 Å². The molecule has 0 radical (unpaired) electrons. The van der Waals surface area contributed by atoms with Gasteiger partial charge in [0.15, 0.2) is 5.92 Å². The number of rotatable bonds is 13. The number of Topliss-reactive ketones (excluding diaryl/α,β-unsaturated/α-hetero) is 1. The molecule has 0 spiro atoms. The van der Waals surface area contributed by atoms with Crippen LogP contribution in [0.25, 0.3) is 0 Å². The lowest BCUT2D eigenvalue weighted by Gasteiger charge is -2.37. The van der Waals surface area contributed by atoms with E-state index in [0.717, 1.165) is 25.7 Å². The number of carboxylic acid groups (broad SMARTS) is 1. The number of hydrogen-bond donors (Lipinski definition) is 1. The van der Waals surface area contributed by atoms with Gasteiger partial charge in [-0.25, -0.2) is 0 Å². The van der Waals surface area contributed by atoms with Crippen molar-refractivity contribution in [2.45, 2.75) is 103 Å². The lowest BCUT2D eigenvalue weighted by atomic mass is 9.91. The zero-order valence-electron chi connectivity index (χ0n) is 17.3. The number of piperidine rings is 1. The number of halogens is 3. The van der Waals surface area contributed by atoms with Crippen molar-refractivity contribution >= 4 is 17.7 Å². The lowest BCUT2D eigenvalue weighted by Crippen LogP contribution is -2.47. The third-order valence-corrected chi connectivity index (χ3v) is 5.56. The van der Waals surface area contributed by atoms with Gasteiger partial charge >= 0.3 is 12.1 Å². The zero-order chi connectivity index (χ0) is 21.9. The molecule has 1 saturated heterocycles. The Kier molecular flexibility index (Phi) is 11.3. The summed E-state index contributed by atoms with van der Waals surface area (Å²) in [5.41, 5.74) is 0. The first-order valence-corrected chi connectivity index (χ1v) is 10.8. The van der Waals surface area contributed by atoms with Crippen molar-refractivity contribution in [3.05, 3.63) is 0 Å². The van der Waals surface area contributed by atoms with Crippen LogP contribution in [0.5, 0.6) is 0 Å². The Morgan fingerprint density at radius 1 is 1.03 bits per heavy atom.